The zero-order valence-electron chi connectivity index (χ0n) is 17.7. The molecule has 1 N–H and O–H groups in total. The van der Waals surface area contributed by atoms with Crippen LogP contribution in [0, 0.1) is 11.8 Å². The second-order valence-electron chi connectivity index (χ2n) is 8.52. The number of pyridine rings is 1. The number of rotatable bonds is 6. The zero-order valence-corrected chi connectivity index (χ0v) is 17.7. The molecule has 1 aromatic rings. The number of hydrogen-bond donors (Lipinski definition) is 1. The van der Waals surface area contributed by atoms with Crippen LogP contribution in [0.2, 0.25) is 0 Å². The molecule has 7 nitrogen and oxygen atoms in total. The fourth-order valence-corrected chi connectivity index (χ4v) is 4.28. The van der Waals surface area contributed by atoms with Gasteiger partial charge in [-0.05, 0) is 30.9 Å². The maximum absolute atomic E-state index is 13.0. The van der Waals surface area contributed by atoms with E-state index in [0.29, 0.717) is 38.8 Å². The molecule has 2 saturated heterocycles. The molecule has 1 spiro atoms. The molecule has 0 bridgehead atoms. The van der Waals surface area contributed by atoms with Crippen LogP contribution in [0.4, 0.5) is 22.0 Å². The lowest BCUT2D eigenvalue weighted by Crippen LogP contribution is -2.67. The van der Waals surface area contributed by atoms with Crippen LogP contribution in [0.15, 0.2) is 24.4 Å². The van der Waals surface area contributed by atoms with E-state index in [1.54, 1.807) is 11.1 Å². The highest BCUT2D eigenvalue weighted by molar-refractivity contribution is 5.81. The Bertz CT molecular complexity index is 822. The fourth-order valence-electron chi connectivity index (χ4n) is 4.28. The van der Waals surface area contributed by atoms with Crippen LogP contribution < -0.4 is 0 Å². The Morgan fingerprint density at radius 2 is 1.91 bits per heavy atom. The summed E-state index contributed by atoms with van der Waals surface area (Å²) in [5.41, 5.74) is 0.610. The highest BCUT2D eigenvalue weighted by atomic mass is 19.4. The first-order valence-corrected chi connectivity index (χ1v) is 10.5. The van der Waals surface area contributed by atoms with Crippen molar-refractivity contribution in [1.82, 2.24) is 9.88 Å². The highest BCUT2D eigenvalue weighted by Crippen LogP contribution is 2.47. The molecule has 3 aliphatic rings. The van der Waals surface area contributed by atoms with E-state index in [9.17, 15) is 26.7 Å². The lowest BCUT2D eigenvalue weighted by atomic mass is 9.75. The summed E-state index contributed by atoms with van der Waals surface area (Å²) in [6.07, 6.45) is -2.12. The Labute approximate surface area is 186 Å². The van der Waals surface area contributed by atoms with E-state index in [1.165, 1.54) is 0 Å². The molecule has 4 rings (SSSR count). The van der Waals surface area contributed by atoms with Gasteiger partial charge in [0.05, 0.1) is 25.4 Å². The van der Waals surface area contributed by atoms with Crippen molar-refractivity contribution in [3.63, 3.8) is 0 Å². The second kappa shape index (κ2) is 9.88. The largest absolute Gasteiger partial charge is 0.490 e. The predicted molar refractivity (Wildman–Crippen MR) is 103 cm³/mol. The predicted octanol–water partition coefficient (Wildman–Crippen LogP) is 3.28. The van der Waals surface area contributed by atoms with Gasteiger partial charge >= 0.3 is 12.1 Å². The first kappa shape index (κ1) is 25.3. The monoisotopic (exact) mass is 480 g/mol. The summed E-state index contributed by atoms with van der Waals surface area (Å²) in [5.74, 6) is -5.71. The topological polar surface area (TPSA) is 89.0 Å². The van der Waals surface area contributed by atoms with Crippen molar-refractivity contribution in [3.8, 4) is 0 Å². The number of aromatic nitrogens is 1. The minimum absolute atomic E-state index is 0.137. The van der Waals surface area contributed by atoms with Gasteiger partial charge in [0.2, 0.25) is 11.8 Å². The number of nitrogens with zero attached hydrogens (tertiary/aromatic N) is 2. The van der Waals surface area contributed by atoms with E-state index < -0.39 is 24.0 Å². The Kier molecular flexibility index (Phi) is 7.57. The minimum Gasteiger partial charge on any atom is -0.475 e. The average molecular weight is 480 g/mol. The summed E-state index contributed by atoms with van der Waals surface area (Å²) in [7, 11) is 0. The van der Waals surface area contributed by atoms with Gasteiger partial charge in [0, 0.05) is 38.2 Å². The van der Waals surface area contributed by atoms with Crippen LogP contribution in [0.5, 0.6) is 0 Å². The van der Waals surface area contributed by atoms with Gasteiger partial charge in [-0.15, -0.1) is 0 Å². The first-order chi connectivity index (χ1) is 15.4. The van der Waals surface area contributed by atoms with E-state index in [4.69, 9.17) is 19.4 Å². The molecule has 33 heavy (non-hydrogen) atoms. The van der Waals surface area contributed by atoms with Crippen molar-refractivity contribution in [2.24, 2.45) is 11.8 Å². The van der Waals surface area contributed by atoms with Gasteiger partial charge in [-0.1, -0.05) is 6.07 Å². The molecule has 0 radical (unpaired) electrons. The van der Waals surface area contributed by atoms with Crippen LogP contribution in [-0.2, 0) is 25.7 Å². The zero-order chi connectivity index (χ0) is 24.3. The lowest BCUT2D eigenvalue weighted by Gasteiger charge is -2.52. The fraction of sp³-hybridized carbons (Fsp3) is 0.667. The van der Waals surface area contributed by atoms with Crippen molar-refractivity contribution in [2.75, 3.05) is 26.3 Å². The second-order valence-corrected chi connectivity index (χ2v) is 8.52. The van der Waals surface area contributed by atoms with Crippen LogP contribution in [0.3, 0.4) is 0 Å². The first-order valence-electron chi connectivity index (χ1n) is 10.5. The number of amides is 1. The smallest absolute Gasteiger partial charge is 0.475 e. The molecule has 184 valence electrons. The molecule has 1 aliphatic carbocycles. The summed E-state index contributed by atoms with van der Waals surface area (Å²) >= 11 is 0. The third kappa shape index (κ3) is 6.38. The molecular weight excluding hydrogens is 455 g/mol. The standard InChI is InChI=1S/C19H24F2N2O3.C2HF3O2/c20-19(21)9-14(10-19)17(24)23-12-18(13-23)15(5-8-26-18)4-7-25-11-16-3-1-2-6-22-16;3-2(4,5)1(6)7/h1-3,6,14-15H,4-5,7-13H2;(H,6,7). The van der Waals surface area contributed by atoms with Crippen LogP contribution in [0.1, 0.15) is 31.4 Å². The number of carbonyl (C=O) groups excluding carboxylic acids is 1. The number of halogens is 5. The molecule has 1 saturated carbocycles. The van der Waals surface area contributed by atoms with Crippen molar-refractivity contribution < 1.29 is 46.1 Å². The third-order valence-electron chi connectivity index (χ3n) is 6.10. The number of alkyl halides is 5. The van der Waals surface area contributed by atoms with Gasteiger partial charge in [0.25, 0.3) is 0 Å². The Hall–Kier alpha value is -2.34. The van der Waals surface area contributed by atoms with E-state index in [1.807, 2.05) is 18.2 Å². The molecule has 3 fully saturated rings. The summed E-state index contributed by atoms with van der Waals surface area (Å²) in [6.45, 7) is 2.85. The number of carbonyl (C=O) groups is 2. The van der Waals surface area contributed by atoms with Crippen LogP contribution in [0.25, 0.3) is 0 Å². The van der Waals surface area contributed by atoms with Crippen molar-refractivity contribution in [2.45, 2.75) is 50.0 Å². The number of hydrogen-bond acceptors (Lipinski definition) is 5. The number of aliphatic carboxylic acids is 1. The molecule has 12 heteroatoms. The van der Waals surface area contributed by atoms with Gasteiger partial charge in [-0.25, -0.2) is 13.6 Å². The SMILES string of the molecule is O=C(C1CC(F)(F)C1)N1CC2(C1)OCCC2CCOCc1ccccn1.O=C(O)C(F)(F)F. The lowest BCUT2D eigenvalue weighted by molar-refractivity contribution is -0.192. The minimum atomic E-state index is -5.08. The molecule has 1 atom stereocenters. The van der Waals surface area contributed by atoms with E-state index in [-0.39, 0.29) is 24.3 Å². The summed E-state index contributed by atoms with van der Waals surface area (Å²) in [6, 6.07) is 5.74. The van der Waals surface area contributed by atoms with Gasteiger partial charge in [-0.2, -0.15) is 13.2 Å². The van der Waals surface area contributed by atoms with Crippen molar-refractivity contribution in [3.05, 3.63) is 30.1 Å². The molecule has 1 amide bonds. The highest BCUT2D eigenvalue weighted by Gasteiger charge is 2.57. The number of carboxylic acid groups (broad SMARTS) is 1. The third-order valence-corrected chi connectivity index (χ3v) is 6.10. The number of ether oxygens (including phenoxy) is 2. The van der Waals surface area contributed by atoms with Gasteiger partial charge in [0.15, 0.2) is 0 Å². The molecule has 0 aromatic carbocycles. The molecule has 3 heterocycles. The normalized spacial score (nSPS) is 23.3. The Morgan fingerprint density at radius 3 is 2.45 bits per heavy atom. The molecule has 1 aromatic heterocycles. The summed E-state index contributed by atoms with van der Waals surface area (Å²) < 4.78 is 69.4. The quantitative estimate of drug-likeness (QED) is 0.497. The van der Waals surface area contributed by atoms with Crippen molar-refractivity contribution in [1.29, 1.82) is 0 Å². The van der Waals surface area contributed by atoms with Gasteiger partial charge in [-0.3, -0.25) is 9.78 Å². The number of likely N-dealkylation sites (tertiary alicyclic amines) is 1. The summed E-state index contributed by atoms with van der Waals surface area (Å²) in [5, 5.41) is 7.12. The van der Waals surface area contributed by atoms with Crippen molar-refractivity contribution >= 4 is 11.9 Å². The van der Waals surface area contributed by atoms with Gasteiger partial charge in [0.1, 0.15) is 5.60 Å². The van der Waals surface area contributed by atoms with E-state index in [0.717, 1.165) is 18.5 Å². The maximum Gasteiger partial charge on any atom is 0.490 e. The molecule has 1 unspecified atom stereocenters. The maximum atomic E-state index is 13.0. The average Bonchev–Trinajstić information content (AvgIpc) is 3.12. The van der Waals surface area contributed by atoms with Crippen LogP contribution >= 0.6 is 0 Å². The number of carboxylic acids is 1. The van der Waals surface area contributed by atoms with E-state index >= 15 is 0 Å². The van der Waals surface area contributed by atoms with Crippen LogP contribution in [-0.4, -0.2) is 70.9 Å². The molecular formula is C21H25F5N2O5. The summed E-state index contributed by atoms with van der Waals surface area (Å²) in [4.78, 5) is 27.1. The Morgan fingerprint density at radius 1 is 1.24 bits per heavy atom. The molecule has 2 aliphatic heterocycles. The van der Waals surface area contributed by atoms with E-state index in [2.05, 4.69) is 4.98 Å². The Balaban J connectivity index is 0.000000383. The van der Waals surface area contributed by atoms with Gasteiger partial charge < -0.3 is 19.5 Å².